The number of esters is 1. The molecule has 0 unspecified atom stereocenters. The van der Waals surface area contributed by atoms with Crippen molar-refractivity contribution >= 4 is 17.9 Å². The molecule has 2 N–H and O–H groups in total. The Morgan fingerprint density at radius 1 is 0.958 bits per heavy atom. The smallest absolute Gasteiger partial charge is 0.339 e. The van der Waals surface area contributed by atoms with Crippen LogP contribution in [0, 0.1) is 6.92 Å². The first-order valence-corrected chi connectivity index (χ1v) is 7.37. The molecule has 0 aliphatic heterocycles. The molecule has 0 aromatic heterocycles. The van der Waals surface area contributed by atoms with Gasteiger partial charge in [0.25, 0.3) is 5.91 Å². The summed E-state index contributed by atoms with van der Waals surface area (Å²) in [6, 6.07) is 14.8. The normalized spacial score (nSPS) is 11.2. The van der Waals surface area contributed by atoms with E-state index < -0.39 is 24.0 Å². The summed E-state index contributed by atoms with van der Waals surface area (Å²) in [5.41, 5.74) is 1.58. The average Bonchev–Trinajstić information content (AvgIpc) is 2.60. The molecular weight excluding hydrogens is 308 g/mol. The number of carbonyl (C=O) groups excluding carboxylic acids is 3. The molecule has 24 heavy (non-hydrogen) atoms. The van der Waals surface area contributed by atoms with Gasteiger partial charge in [-0.05, 0) is 18.6 Å². The summed E-state index contributed by atoms with van der Waals surface area (Å²) < 4.78 is 5.38. The first kappa shape index (κ1) is 17.2. The van der Waals surface area contributed by atoms with E-state index in [9.17, 15) is 14.4 Å². The van der Waals surface area contributed by atoms with Crippen LogP contribution in [0.3, 0.4) is 0 Å². The van der Waals surface area contributed by atoms with Crippen LogP contribution in [-0.4, -0.2) is 25.0 Å². The number of hydrogen-bond acceptors (Lipinski definition) is 4. The summed E-state index contributed by atoms with van der Waals surface area (Å²) in [7, 11) is 1.39. The van der Waals surface area contributed by atoms with Crippen LogP contribution in [0.2, 0.25) is 0 Å². The number of benzene rings is 2. The van der Waals surface area contributed by atoms with E-state index in [4.69, 9.17) is 4.74 Å². The molecule has 6 heteroatoms. The summed E-state index contributed by atoms with van der Waals surface area (Å²) in [6.45, 7) is 1.78. The first-order valence-electron chi connectivity index (χ1n) is 7.37. The second-order valence-electron chi connectivity index (χ2n) is 5.08. The largest absolute Gasteiger partial charge is 0.444 e. The van der Waals surface area contributed by atoms with E-state index >= 15 is 0 Å². The van der Waals surface area contributed by atoms with Crippen molar-refractivity contribution in [3.63, 3.8) is 0 Å². The lowest BCUT2D eigenvalue weighted by Gasteiger charge is -2.18. The fourth-order valence-corrected chi connectivity index (χ4v) is 2.11. The number of imide groups is 1. The van der Waals surface area contributed by atoms with E-state index in [-0.39, 0.29) is 0 Å². The zero-order valence-electron chi connectivity index (χ0n) is 13.4. The highest BCUT2D eigenvalue weighted by molar-refractivity contribution is 5.99. The van der Waals surface area contributed by atoms with Crippen LogP contribution in [0.5, 0.6) is 0 Å². The molecule has 2 rings (SSSR count). The molecule has 0 saturated carbocycles. The maximum atomic E-state index is 12.4. The van der Waals surface area contributed by atoms with Crippen molar-refractivity contribution in [3.8, 4) is 0 Å². The topological polar surface area (TPSA) is 84.5 Å². The Hall–Kier alpha value is -3.15. The molecule has 0 spiro atoms. The van der Waals surface area contributed by atoms with Crippen LogP contribution < -0.4 is 10.6 Å². The minimum atomic E-state index is -1.23. The van der Waals surface area contributed by atoms with Crippen LogP contribution in [0.1, 0.15) is 27.6 Å². The van der Waals surface area contributed by atoms with Gasteiger partial charge in [-0.15, -0.1) is 0 Å². The fourth-order valence-electron chi connectivity index (χ4n) is 2.11. The van der Waals surface area contributed by atoms with Crippen LogP contribution in [0.15, 0.2) is 54.6 Å². The molecule has 2 aromatic carbocycles. The number of amides is 3. The van der Waals surface area contributed by atoms with Crippen molar-refractivity contribution in [2.75, 3.05) is 7.05 Å². The monoisotopic (exact) mass is 326 g/mol. The predicted octanol–water partition coefficient (Wildman–Crippen LogP) is 2.35. The van der Waals surface area contributed by atoms with Crippen molar-refractivity contribution in [2.24, 2.45) is 0 Å². The molecule has 0 saturated heterocycles. The molecule has 0 heterocycles. The zero-order valence-corrected chi connectivity index (χ0v) is 13.4. The van der Waals surface area contributed by atoms with Gasteiger partial charge in [0.15, 0.2) is 0 Å². The summed E-state index contributed by atoms with van der Waals surface area (Å²) in [5, 5.41) is 4.42. The number of urea groups is 1. The Labute approximate surface area is 139 Å². The molecule has 0 aliphatic rings. The van der Waals surface area contributed by atoms with E-state index in [0.29, 0.717) is 11.1 Å². The Balaban J connectivity index is 2.26. The lowest BCUT2D eigenvalue weighted by atomic mass is 10.1. The Morgan fingerprint density at radius 3 is 2.21 bits per heavy atom. The molecule has 0 bridgehead atoms. The third kappa shape index (κ3) is 4.19. The molecule has 124 valence electrons. The SMILES string of the molecule is CNC(=O)NC(=O)[C@H](OC(=O)c1ccccc1C)c1ccccc1. The van der Waals surface area contributed by atoms with Crippen LogP contribution in [0.25, 0.3) is 0 Å². The fraction of sp³-hybridized carbons (Fsp3) is 0.167. The summed E-state index contributed by atoms with van der Waals surface area (Å²) in [6.07, 6.45) is -1.23. The first-order chi connectivity index (χ1) is 11.5. The number of hydrogen-bond donors (Lipinski definition) is 2. The molecule has 6 nitrogen and oxygen atoms in total. The van der Waals surface area contributed by atoms with Crippen molar-refractivity contribution in [2.45, 2.75) is 13.0 Å². The highest BCUT2D eigenvalue weighted by atomic mass is 16.5. The van der Waals surface area contributed by atoms with Crippen LogP contribution in [-0.2, 0) is 9.53 Å². The zero-order chi connectivity index (χ0) is 17.5. The number of carbonyl (C=O) groups is 3. The van der Waals surface area contributed by atoms with Gasteiger partial charge < -0.3 is 10.1 Å². The third-order valence-corrected chi connectivity index (χ3v) is 3.39. The molecule has 0 radical (unpaired) electrons. The Morgan fingerprint density at radius 2 is 1.58 bits per heavy atom. The summed E-state index contributed by atoms with van der Waals surface area (Å²) in [5.74, 6) is -1.35. The molecule has 1 atom stereocenters. The number of rotatable bonds is 4. The summed E-state index contributed by atoms with van der Waals surface area (Å²) >= 11 is 0. The van der Waals surface area contributed by atoms with Gasteiger partial charge >= 0.3 is 12.0 Å². The lowest BCUT2D eigenvalue weighted by Crippen LogP contribution is -2.41. The van der Waals surface area contributed by atoms with Crippen LogP contribution >= 0.6 is 0 Å². The van der Waals surface area contributed by atoms with Crippen molar-refractivity contribution in [3.05, 3.63) is 71.3 Å². The minimum absolute atomic E-state index is 0.367. The maximum absolute atomic E-state index is 12.4. The molecule has 0 aliphatic carbocycles. The number of nitrogens with one attached hydrogen (secondary N) is 2. The number of aryl methyl sites for hydroxylation is 1. The predicted molar refractivity (Wildman–Crippen MR) is 88.4 cm³/mol. The van der Waals surface area contributed by atoms with Crippen molar-refractivity contribution in [1.82, 2.24) is 10.6 Å². The average molecular weight is 326 g/mol. The summed E-state index contributed by atoms with van der Waals surface area (Å²) in [4.78, 5) is 36.1. The molecule has 2 aromatic rings. The van der Waals surface area contributed by atoms with Gasteiger partial charge in [-0.1, -0.05) is 48.5 Å². The molecule has 3 amide bonds. The van der Waals surface area contributed by atoms with Gasteiger partial charge in [0.05, 0.1) is 5.56 Å². The van der Waals surface area contributed by atoms with Gasteiger partial charge in [-0.25, -0.2) is 9.59 Å². The van der Waals surface area contributed by atoms with Gasteiger partial charge in [0.2, 0.25) is 6.10 Å². The standard InChI is InChI=1S/C18H18N2O4/c1-12-8-6-7-11-14(12)17(22)24-15(13-9-4-3-5-10-13)16(21)20-18(23)19-2/h3-11,15H,1-2H3,(H2,19,20,21,23)/t15-/m1/s1. The number of ether oxygens (including phenoxy) is 1. The third-order valence-electron chi connectivity index (χ3n) is 3.39. The Kier molecular flexibility index (Phi) is 5.68. The minimum Gasteiger partial charge on any atom is -0.444 e. The quantitative estimate of drug-likeness (QED) is 0.845. The van der Waals surface area contributed by atoms with Crippen molar-refractivity contribution < 1.29 is 19.1 Å². The van der Waals surface area contributed by atoms with Gasteiger partial charge in [0, 0.05) is 12.6 Å². The second-order valence-corrected chi connectivity index (χ2v) is 5.08. The molecular formula is C18H18N2O4. The van der Waals surface area contributed by atoms with E-state index in [1.807, 2.05) is 0 Å². The maximum Gasteiger partial charge on any atom is 0.339 e. The highest BCUT2D eigenvalue weighted by Gasteiger charge is 2.27. The van der Waals surface area contributed by atoms with E-state index in [1.54, 1.807) is 61.5 Å². The van der Waals surface area contributed by atoms with Gasteiger partial charge in [-0.2, -0.15) is 0 Å². The van der Waals surface area contributed by atoms with Crippen LogP contribution in [0.4, 0.5) is 4.79 Å². The van der Waals surface area contributed by atoms with Gasteiger partial charge in [-0.3, -0.25) is 10.1 Å². The van der Waals surface area contributed by atoms with Crippen molar-refractivity contribution in [1.29, 1.82) is 0 Å². The Bertz CT molecular complexity index is 744. The lowest BCUT2D eigenvalue weighted by molar-refractivity contribution is -0.129. The van der Waals surface area contributed by atoms with E-state index in [0.717, 1.165) is 5.56 Å². The van der Waals surface area contributed by atoms with E-state index in [2.05, 4.69) is 10.6 Å². The second kappa shape index (κ2) is 7.92. The highest BCUT2D eigenvalue weighted by Crippen LogP contribution is 2.20. The van der Waals surface area contributed by atoms with Gasteiger partial charge in [0.1, 0.15) is 0 Å². The molecule has 0 fully saturated rings. The van der Waals surface area contributed by atoms with E-state index in [1.165, 1.54) is 7.05 Å².